The second-order valence-corrected chi connectivity index (χ2v) is 9.65. The van der Waals surface area contributed by atoms with Gasteiger partial charge in [-0.1, -0.05) is 25.0 Å². The predicted octanol–water partition coefficient (Wildman–Crippen LogP) is 4.17. The van der Waals surface area contributed by atoms with Gasteiger partial charge in [-0.3, -0.25) is 4.79 Å². The summed E-state index contributed by atoms with van der Waals surface area (Å²) >= 11 is 0. The number of hydrogen-bond acceptors (Lipinski definition) is 2. The molecule has 5 rings (SSSR count). The van der Waals surface area contributed by atoms with Crippen molar-refractivity contribution in [2.24, 2.45) is 28.1 Å². The van der Waals surface area contributed by atoms with Crippen LogP contribution in [0.1, 0.15) is 65.2 Å². The van der Waals surface area contributed by atoms with Gasteiger partial charge in [-0.05, 0) is 74.5 Å². The van der Waals surface area contributed by atoms with Gasteiger partial charge in [0, 0.05) is 0 Å². The number of ether oxygens (including phenoxy) is 1. The second-order valence-electron chi connectivity index (χ2n) is 9.65. The van der Waals surface area contributed by atoms with Gasteiger partial charge in [-0.25, -0.2) is 0 Å². The third-order valence-corrected chi connectivity index (χ3v) is 8.66. The Morgan fingerprint density at radius 2 is 2.09 bits per heavy atom. The normalized spacial score (nSPS) is 56.7. The van der Waals surface area contributed by atoms with Gasteiger partial charge in [0.05, 0.1) is 17.6 Å². The predicted molar refractivity (Wildman–Crippen MR) is 87.0 cm³/mol. The lowest BCUT2D eigenvalue weighted by Crippen LogP contribution is -2.54. The number of epoxide rings is 1. The molecule has 0 aromatic rings. The summed E-state index contributed by atoms with van der Waals surface area (Å²) in [5.41, 5.74) is 1.72. The smallest absolute Gasteiger partial charge is 0.309 e. The van der Waals surface area contributed by atoms with Gasteiger partial charge < -0.3 is 9.84 Å². The average Bonchev–Trinajstić information content (AvgIpc) is 3.22. The van der Waals surface area contributed by atoms with E-state index in [1.54, 1.807) is 5.57 Å². The summed E-state index contributed by atoms with van der Waals surface area (Å²) in [6.07, 6.45) is 11.5. The van der Waals surface area contributed by atoms with E-state index in [0.29, 0.717) is 11.3 Å². The zero-order valence-electron chi connectivity index (χ0n) is 14.4. The van der Waals surface area contributed by atoms with E-state index in [0.717, 1.165) is 38.2 Å². The van der Waals surface area contributed by atoms with Crippen LogP contribution in [0.15, 0.2) is 11.6 Å². The number of aliphatic carboxylic acids is 1. The van der Waals surface area contributed by atoms with E-state index in [2.05, 4.69) is 13.0 Å². The van der Waals surface area contributed by atoms with Crippen molar-refractivity contribution in [3.05, 3.63) is 11.6 Å². The Bertz CT molecular complexity index is 618. The molecule has 3 nitrogen and oxygen atoms in total. The number of carbonyl (C=O) groups is 1. The third kappa shape index (κ3) is 1.58. The van der Waals surface area contributed by atoms with E-state index >= 15 is 0 Å². The van der Waals surface area contributed by atoms with E-state index < -0.39 is 11.4 Å². The van der Waals surface area contributed by atoms with Crippen molar-refractivity contribution in [2.75, 3.05) is 6.61 Å². The fourth-order valence-corrected chi connectivity index (χ4v) is 7.53. The van der Waals surface area contributed by atoms with Gasteiger partial charge in [-0.2, -0.15) is 0 Å². The highest BCUT2D eigenvalue weighted by atomic mass is 16.6. The van der Waals surface area contributed by atoms with Gasteiger partial charge >= 0.3 is 5.97 Å². The first-order chi connectivity index (χ1) is 10.8. The van der Waals surface area contributed by atoms with E-state index in [1.807, 2.05) is 6.92 Å². The van der Waals surface area contributed by atoms with Gasteiger partial charge in [0.1, 0.15) is 0 Å². The van der Waals surface area contributed by atoms with Crippen LogP contribution in [0.5, 0.6) is 0 Å². The van der Waals surface area contributed by atoms with Crippen molar-refractivity contribution < 1.29 is 14.6 Å². The van der Waals surface area contributed by atoms with Gasteiger partial charge in [0.25, 0.3) is 0 Å². The molecule has 1 heterocycles. The minimum Gasteiger partial charge on any atom is -0.481 e. The van der Waals surface area contributed by atoms with Gasteiger partial charge in [-0.15, -0.1) is 0 Å². The molecule has 1 N–H and O–H groups in total. The van der Waals surface area contributed by atoms with Gasteiger partial charge in [0.2, 0.25) is 0 Å². The molecule has 6 atom stereocenters. The monoisotopic (exact) mass is 316 g/mol. The molecule has 2 spiro atoms. The minimum atomic E-state index is -0.577. The Morgan fingerprint density at radius 3 is 2.78 bits per heavy atom. The highest BCUT2D eigenvalue weighted by Crippen LogP contribution is 2.73. The van der Waals surface area contributed by atoms with Crippen LogP contribution < -0.4 is 0 Å². The lowest BCUT2D eigenvalue weighted by atomic mass is 9.44. The van der Waals surface area contributed by atoms with Crippen LogP contribution >= 0.6 is 0 Å². The summed E-state index contributed by atoms with van der Waals surface area (Å²) in [4.78, 5) is 12.1. The first-order valence-corrected chi connectivity index (χ1v) is 9.43. The molecule has 0 aromatic heterocycles. The van der Waals surface area contributed by atoms with Crippen molar-refractivity contribution in [1.29, 1.82) is 0 Å². The number of rotatable bonds is 1. The van der Waals surface area contributed by atoms with Crippen LogP contribution in [-0.2, 0) is 9.53 Å². The molecule has 2 bridgehead atoms. The quantitative estimate of drug-likeness (QED) is 0.583. The standard InChI is InChI=1S/C20H28O3/c1-17-7-3-8-18(2,16(21)22)14(17)6-9-19-10-13(4-5-15(17)19)20(11-19)12-23-20/h5,13-14H,3-4,6-12H2,1-2H3,(H,21,22)/t13-,14-,17+,18+,19-,20-/m0/s1. The van der Waals surface area contributed by atoms with Crippen molar-refractivity contribution >= 4 is 5.97 Å². The molecule has 23 heavy (non-hydrogen) atoms. The summed E-state index contributed by atoms with van der Waals surface area (Å²) in [5.74, 6) is 0.444. The molecular formula is C20H28O3. The van der Waals surface area contributed by atoms with Crippen LogP contribution in [0.25, 0.3) is 0 Å². The number of fused-ring (bicyclic) bond motifs is 4. The molecule has 5 aliphatic rings. The van der Waals surface area contributed by atoms with Crippen LogP contribution in [0, 0.1) is 28.1 Å². The lowest BCUT2D eigenvalue weighted by Gasteiger charge is -2.60. The van der Waals surface area contributed by atoms with E-state index in [4.69, 9.17) is 4.74 Å². The maximum atomic E-state index is 12.1. The molecule has 1 aliphatic heterocycles. The van der Waals surface area contributed by atoms with Crippen LogP contribution in [-0.4, -0.2) is 23.3 Å². The molecule has 3 heteroatoms. The Hall–Kier alpha value is -0.830. The first-order valence-electron chi connectivity index (χ1n) is 9.43. The highest BCUT2D eigenvalue weighted by molar-refractivity contribution is 5.75. The maximum absolute atomic E-state index is 12.1. The molecule has 0 unspecified atom stereocenters. The lowest BCUT2D eigenvalue weighted by molar-refractivity contribution is -0.161. The maximum Gasteiger partial charge on any atom is 0.309 e. The molecule has 0 radical (unpaired) electrons. The van der Waals surface area contributed by atoms with Crippen molar-refractivity contribution in [1.82, 2.24) is 0 Å². The summed E-state index contributed by atoms with van der Waals surface area (Å²) < 4.78 is 5.94. The fraction of sp³-hybridized carbons (Fsp3) is 0.850. The Balaban J connectivity index is 1.59. The Labute approximate surface area is 138 Å². The molecule has 4 aliphatic carbocycles. The summed E-state index contributed by atoms with van der Waals surface area (Å²) in [6, 6.07) is 0. The first kappa shape index (κ1) is 14.5. The molecule has 1 saturated heterocycles. The number of allylic oxidation sites excluding steroid dienone is 2. The Morgan fingerprint density at radius 1 is 1.30 bits per heavy atom. The fourth-order valence-electron chi connectivity index (χ4n) is 7.53. The van der Waals surface area contributed by atoms with Crippen LogP contribution in [0.3, 0.4) is 0 Å². The van der Waals surface area contributed by atoms with Gasteiger partial charge in [0.15, 0.2) is 0 Å². The number of carboxylic acids is 1. The molecule has 3 saturated carbocycles. The van der Waals surface area contributed by atoms with Crippen LogP contribution in [0.2, 0.25) is 0 Å². The summed E-state index contributed by atoms with van der Waals surface area (Å²) in [6.45, 7) is 5.37. The van der Waals surface area contributed by atoms with E-state index in [-0.39, 0.29) is 11.0 Å². The summed E-state index contributed by atoms with van der Waals surface area (Å²) in [7, 11) is 0. The largest absolute Gasteiger partial charge is 0.481 e. The SMILES string of the molecule is C[C@@]1(C(=O)O)CCC[C@@]2(C)C3=CC[C@H]4C[C@@]3(CC[C@H]12)C[C@]41CO1. The zero-order chi connectivity index (χ0) is 16.1. The van der Waals surface area contributed by atoms with E-state index in [1.165, 1.54) is 25.7 Å². The second kappa shape index (κ2) is 4.04. The van der Waals surface area contributed by atoms with Crippen molar-refractivity contribution in [3.8, 4) is 0 Å². The Kier molecular flexibility index (Phi) is 2.55. The molecule has 0 aromatic carbocycles. The number of carboxylic acid groups (broad SMARTS) is 1. The summed E-state index contributed by atoms with van der Waals surface area (Å²) in [5, 5.41) is 9.93. The molecular weight excluding hydrogens is 288 g/mol. The average molecular weight is 316 g/mol. The molecule has 4 fully saturated rings. The molecule has 0 amide bonds. The van der Waals surface area contributed by atoms with E-state index in [9.17, 15) is 9.90 Å². The zero-order valence-corrected chi connectivity index (χ0v) is 14.4. The van der Waals surface area contributed by atoms with Crippen molar-refractivity contribution in [3.63, 3.8) is 0 Å². The highest BCUT2D eigenvalue weighted by Gasteiger charge is 2.69. The topological polar surface area (TPSA) is 49.8 Å². The third-order valence-electron chi connectivity index (χ3n) is 8.66. The van der Waals surface area contributed by atoms with Crippen LogP contribution in [0.4, 0.5) is 0 Å². The number of hydrogen-bond donors (Lipinski definition) is 1. The minimum absolute atomic E-state index is 0.0923. The molecule has 126 valence electrons. The van der Waals surface area contributed by atoms with Crippen molar-refractivity contribution in [2.45, 2.75) is 70.8 Å².